The van der Waals surface area contributed by atoms with Crippen LogP contribution < -0.4 is 5.22 Å². The first kappa shape index (κ1) is 10.1. The molecular weight excluding hydrogens is 220 g/mol. The fourth-order valence-corrected chi connectivity index (χ4v) is 3.12. The van der Waals surface area contributed by atoms with Crippen molar-refractivity contribution < 1.29 is 4.74 Å². The van der Waals surface area contributed by atoms with E-state index in [4.69, 9.17) is 4.74 Å². The van der Waals surface area contributed by atoms with Crippen molar-refractivity contribution in [1.82, 2.24) is 0 Å². The lowest BCUT2D eigenvalue weighted by Gasteiger charge is -2.20. The lowest BCUT2D eigenvalue weighted by molar-refractivity contribution is 0.152. The summed E-state index contributed by atoms with van der Waals surface area (Å²) in [6.45, 7) is 0. The van der Waals surface area contributed by atoms with Gasteiger partial charge in [0.1, 0.15) is 0 Å². The monoisotopic (exact) mass is 234 g/mol. The minimum atomic E-state index is 0.208. The zero-order valence-corrected chi connectivity index (χ0v) is 10.3. The van der Waals surface area contributed by atoms with E-state index >= 15 is 0 Å². The van der Waals surface area contributed by atoms with Gasteiger partial charge in [-0.25, -0.2) is 0 Å². The van der Waals surface area contributed by atoms with Gasteiger partial charge in [0.25, 0.3) is 0 Å². The Labute approximate surface area is 106 Å². The van der Waals surface area contributed by atoms with Crippen LogP contribution in [0.3, 0.4) is 0 Å². The Morgan fingerprint density at radius 1 is 0.944 bits per heavy atom. The molecule has 1 unspecified atom stereocenters. The molecule has 0 N–H and O–H groups in total. The molecule has 0 aromatic heterocycles. The van der Waals surface area contributed by atoms with Crippen molar-refractivity contribution in [2.24, 2.45) is 0 Å². The molecule has 1 aliphatic rings. The van der Waals surface area contributed by atoms with Crippen molar-refractivity contribution in [3.8, 4) is 0 Å². The lowest BCUT2D eigenvalue weighted by atomic mass is 9.89. The Balaban J connectivity index is 2.26. The third-order valence-corrected chi connectivity index (χ3v) is 3.98. The molecule has 1 atom stereocenters. The van der Waals surface area contributed by atoms with Crippen LogP contribution in [0.4, 0.5) is 0 Å². The number of hydrogen-bond donors (Lipinski definition) is 0. The maximum Gasteiger partial charge on any atom is 0.0801 e. The van der Waals surface area contributed by atoms with E-state index in [1.807, 2.05) is 0 Å². The minimum absolute atomic E-state index is 0.208. The maximum absolute atomic E-state index is 5.50. The summed E-state index contributed by atoms with van der Waals surface area (Å²) in [5, 5.41) is 6.79. The summed E-state index contributed by atoms with van der Waals surface area (Å²) in [6.07, 6.45) is 3.43. The largest absolute Gasteiger partial charge is 0.377 e. The molecule has 0 aliphatic heterocycles. The molecule has 18 heavy (non-hydrogen) atoms. The third kappa shape index (κ3) is 1.25. The summed E-state index contributed by atoms with van der Waals surface area (Å²) in [4.78, 5) is 0. The molecule has 0 heterocycles. The first-order chi connectivity index (χ1) is 8.86. The van der Waals surface area contributed by atoms with Gasteiger partial charge >= 0.3 is 0 Å². The number of methoxy groups -OCH3 is 1. The molecule has 0 fully saturated rings. The van der Waals surface area contributed by atoms with Gasteiger partial charge in [-0.15, -0.1) is 0 Å². The Kier molecular flexibility index (Phi) is 2.00. The van der Waals surface area contributed by atoms with E-state index in [-0.39, 0.29) is 6.10 Å². The summed E-state index contributed by atoms with van der Waals surface area (Å²) in [7, 11) is 1.78. The van der Waals surface area contributed by atoms with Crippen molar-refractivity contribution >= 4 is 27.6 Å². The smallest absolute Gasteiger partial charge is 0.0801 e. The molecule has 3 aromatic rings. The molecule has 1 nitrogen and oxygen atoms in total. The zero-order valence-electron chi connectivity index (χ0n) is 10.3. The molecule has 0 bridgehead atoms. The molecule has 0 radical (unpaired) electrons. The highest BCUT2D eigenvalue weighted by atomic mass is 16.5. The summed E-state index contributed by atoms with van der Waals surface area (Å²) in [5.74, 6) is 0. The summed E-state index contributed by atoms with van der Waals surface area (Å²) in [6, 6.07) is 15.4. The Morgan fingerprint density at radius 2 is 1.72 bits per heavy atom. The predicted molar refractivity (Wildman–Crippen MR) is 75.6 cm³/mol. The van der Waals surface area contributed by atoms with Gasteiger partial charge < -0.3 is 4.74 Å². The lowest BCUT2D eigenvalue weighted by Crippen LogP contribution is -2.22. The van der Waals surface area contributed by atoms with Crippen LogP contribution in [0.2, 0.25) is 0 Å². The van der Waals surface area contributed by atoms with Crippen molar-refractivity contribution in [2.45, 2.75) is 12.5 Å². The van der Waals surface area contributed by atoms with Gasteiger partial charge in [0.15, 0.2) is 0 Å². The molecular formula is C17H14O. The van der Waals surface area contributed by atoms with E-state index < -0.39 is 0 Å². The normalized spacial score (nSPS) is 18.2. The zero-order chi connectivity index (χ0) is 12.1. The van der Waals surface area contributed by atoms with Gasteiger partial charge in [0.05, 0.1) is 6.10 Å². The SMILES string of the molecule is COC1C=c2ccc3cccc4ccc(c2c43)C1. The topological polar surface area (TPSA) is 9.23 Å². The van der Waals surface area contributed by atoms with Crippen LogP contribution in [0.25, 0.3) is 27.6 Å². The van der Waals surface area contributed by atoms with Crippen LogP contribution >= 0.6 is 0 Å². The highest BCUT2D eigenvalue weighted by molar-refractivity contribution is 6.11. The third-order valence-electron chi connectivity index (χ3n) is 3.98. The van der Waals surface area contributed by atoms with Gasteiger partial charge in [0.2, 0.25) is 0 Å². The highest BCUT2D eigenvalue weighted by Crippen LogP contribution is 2.29. The van der Waals surface area contributed by atoms with E-state index in [9.17, 15) is 0 Å². The minimum Gasteiger partial charge on any atom is -0.377 e. The van der Waals surface area contributed by atoms with Crippen molar-refractivity contribution in [3.05, 3.63) is 53.2 Å². The fraction of sp³-hybridized carbons (Fsp3) is 0.176. The van der Waals surface area contributed by atoms with Crippen LogP contribution in [0.5, 0.6) is 0 Å². The number of ether oxygens (including phenoxy) is 1. The molecule has 0 saturated heterocycles. The average molecular weight is 234 g/mol. The highest BCUT2D eigenvalue weighted by Gasteiger charge is 2.16. The van der Waals surface area contributed by atoms with E-state index in [0.29, 0.717) is 0 Å². The first-order valence-electron chi connectivity index (χ1n) is 6.34. The van der Waals surface area contributed by atoms with E-state index in [0.717, 1.165) is 6.42 Å². The standard InChI is InChI=1S/C17H14O/c1-18-15-9-13-7-5-11-3-2-4-12-6-8-14(10-15)17(13)16(11)12/h2-9,15H,10H2,1H3. The number of rotatable bonds is 1. The van der Waals surface area contributed by atoms with E-state index in [1.165, 1.54) is 32.3 Å². The van der Waals surface area contributed by atoms with Crippen molar-refractivity contribution in [2.75, 3.05) is 7.11 Å². The number of hydrogen-bond acceptors (Lipinski definition) is 1. The maximum atomic E-state index is 5.50. The second-order valence-corrected chi connectivity index (χ2v) is 4.98. The van der Waals surface area contributed by atoms with Gasteiger partial charge in [-0.05, 0) is 38.4 Å². The quantitative estimate of drug-likeness (QED) is 0.628. The van der Waals surface area contributed by atoms with Crippen molar-refractivity contribution in [3.63, 3.8) is 0 Å². The van der Waals surface area contributed by atoms with Gasteiger partial charge in [0, 0.05) is 13.5 Å². The van der Waals surface area contributed by atoms with Crippen LogP contribution in [-0.2, 0) is 11.2 Å². The second-order valence-electron chi connectivity index (χ2n) is 4.98. The molecule has 0 saturated carbocycles. The first-order valence-corrected chi connectivity index (χ1v) is 6.34. The summed E-state index contributed by atoms with van der Waals surface area (Å²) in [5.41, 5.74) is 1.41. The Hall–Kier alpha value is -1.86. The Bertz CT molecular complexity index is 785. The molecule has 3 aromatic carbocycles. The van der Waals surface area contributed by atoms with Crippen LogP contribution in [-0.4, -0.2) is 13.2 Å². The molecule has 88 valence electrons. The molecule has 4 rings (SSSR count). The van der Waals surface area contributed by atoms with Crippen LogP contribution in [0.1, 0.15) is 5.56 Å². The molecule has 1 heteroatoms. The second kappa shape index (κ2) is 3.56. The molecule has 0 spiro atoms. The Morgan fingerprint density at radius 3 is 2.50 bits per heavy atom. The van der Waals surface area contributed by atoms with Crippen LogP contribution in [0, 0.1) is 0 Å². The van der Waals surface area contributed by atoms with Gasteiger partial charge in [-0.2, -0.15) is 0 Å². The van der Waals surface area contributed by atoms with Gasteiger partial charge in [-0.3, -0.25) is 0 Å². The summed E-state index contributed by atoms with van der Waals surface area (Å²) >= 11 is 0. The van der Waals surface area contributed by atoms with E-state index in [1.54, 1.807) is 7.11 Å². The van der Waals surface area contributed by atoms with E-state index in [2.05, 4.69) is 48.5 Å². The summed E-state index contributed by atoms with van der Waals surface area (Å²) < 4.78 is 5.50. The predicted octanol–water partition coefficient (Wildman–Crippen LogP) is 3.06. The fourth-order valence-electron chi connectivity index (χ4n) is 3.12. The van der Waals surface area contributed by atoms with Gasteiger partial charge in [-0.1, -0.05) is 42.5 Å². The van der Waals surface area contributed by atoms with Crippen LogP contribution in [0.15, 0.2) is 42.5 Å². The molecule has 0 amide bonds. The average Bonchev–Trinajstić information content (AvgIpc) is 2.44. The van der Waals surface area contributed by atoms with Crippen molar-refractivity contribution in [1.29, 1.82) is 0 Å². The number of benzene rings is 3. The molecule has 1 aliphatic carbocycles.